The largest absolute Gasteiger partial charge is 0.496 e. The first-order chi connectivity index (χ1) is 11.9. The van der Waals surface area contributed by atoms with Crippen LogP contribution in [0.25, 0.3) is 6.08 Å². The number of thioether (sulfide) groups is 1. The first kappa shape index (κ1) is 19.1. The fourth-order valence-corrected chi connectivity index (χ4v) is 3.43. The summed E-state index contributed by atoms with van der Waals surface area (Å²) < 4.78 is 5.22. The number of amides is 3. The number of aryl methyl sites for hydroxylation is 1. The molecule has 0 bridgehead atoms. The van der Waals surface area contributed by atoms with Crippen molar-refractivity contribution in [2.45, 2.75) is 20.8 Å². The fraction of sp³-hybridized carbons (Fsp3) is 0.389. The van der Waals surface area contributed by atoms with Crippen LogP contribution in [0.2, 0.25) is 0 Å². The lowest BCUT2D eigenvalue weighted by Crippen LogP contribution is -2.41. The van der Waals surface area contributed by atoms with E-state index in [4.69, 9.17) is 4.74 Å². The Kier molecular flexibility index (Phi) is 6.25. The van der Waals surface area contributed by atoms with Gasteiger partial charge in [0, 0.05) is 13.1 Å². The number of imide groups is 1. The molecule has 0 saturated carbocycles. The maximum atomic E-state index is 12.5. The number of benzene rings is 1. The molecule has 1 aliphatic rings. The highest BCUT2D eigenvalue weighted by molar-refractivity contribution is 8.18. The number of carbonyl (C=O) groups is 3. The molecule has 0 atom stereocenters. The Balaban J connectivity index is 2.17. The van der Waals surface area contributed by atoms with E-state index in [1.165, 1.54) is 0 Å². The Morgan fingerprint density at radius 2 is 1.96 bits per heavy atom. The predicted octanol–water partition coefficient (Wildman–Crippen LogP) is 2.91. The SMILES string of the molecule is CCN(CC)C(=O)CN1C(=O)S/C(=C\c2ccc(OC)c(C)c2)C1=O. The van der Waals surface area contributed by atoms with Crippen molar-refractivity contribution in [2.75, 3.05) is 26.7 Å². The van der Waals surface area contributed by atoms with Gasteiger partial charge in [0.2, 0.25) is 5.91 Å². The number of hydrogen-bond donors (Lipinski definition) is 0. The summed E-state index contributed by atoms with van der Waals surface area (Å²) in [5.41, 5.74) is 1.74. The van der Waals surface area contributed by atoms with Crippen LogP contribution in [0.3, 0.4) is 0 Å². The third-order valence-electron chi connectivity index (χ3n) is 4.00. The van der Waals surface area contributed by atoms with Crippen molar-refractivity contribution in [1.82, 2.24) is 9.80 Å². The Morgan fingerprint density at radius 3 is 2.52 bits per heavy atom. The zero-order valence-electron chi connectivity index (χ0n) is 14.9. The van der Waals surface area contributed by atoms with Crippen molar-refractivity contribution in [3.05, 3.63) is 34.2 Å². The molecule has 0 radical (unpaired) electrons. The minimum Gasteiger partial charge on any atom is -0.496 e. The molecule has 1 saturated heterocycles. The van der Waals surface area contributed by atoms with Gasteiger partial charge in [-0.2, -0.15) is 0 Å². The molecule has 1 heterocycles. The Morgan fingerprint density at radius 1 is 1.28 bits per heavy atom. The van der Waals surface area contributed by atoms with Gasteiger partial charge in [0.1, 0.15) is 12.3 Å². The summed E-state index contributed by atoms with van der Waals surface area (Å²) in [6.45, 7) is 6.51. The molecule has 0 aromatic heterocycles. The summed E-state index contributed by atoms with van der Waals surface area (Å²) in [5.74, 6) is 0.105. The first-order valence-electron chi connectivity index (χ1n) is 8.09. The molecule has 0 aliphatic carbocycles. The molecular weight excluding hydrogens is 340 g/mol. The minimum atomic E-state index is -0.427. The summed E-state index contributed by atoms with van der Waals surface area (Å²) in [6.07, 6.45) is 1.67. The number of likely N-dealkylation sites (N-methyl/N-ethyl adjacent to an activating group) is 1. The molecule has 1 aromatic carbocycles. The first-order valence-corrected chi connectivity index (χ1v) is 8.90. The Bertz CT molecular complexity index is 726. The second-order valence-corrected chi connectivity index (χ2v) is 6.56. The van der Waals surface area contributed by atoms with Gasteiger partial charge in [-0.05, 0) is 61.9 Å². The average molecular weight is 362 g/mol. The molecular formula is C18H22N2O4S. The van der Waals surface area contributed by atoms with Gasteiger partial charge in [-0.1, -0.05) is 6.07 Å². The number of hydrogen-bond acceptors (Lipinski definition) is 5. The normalized spacial score (nSPS) is 15.8. The second kappa shape index (κ2) is 8.20. The van der Waals surface area contributed by atoms with Crippen molar-refractivity contribution < 1.29 is 19.1 Å². The van der Waals surface area contributed by atoms with E-state index in [0.717, 1.165) is 33.5 Å². The van der Waals surface area contributed by atoms with Gasteiger partial charge >= 0.3 is 0 Å². The van der Waals surface area contributed by atoms with Crippen molar-refractivity contribution in [3.8, 4) is 5.75 Å². The highest BCUT2D eigenvalue weighted by atomic mass is 32.2. The molecule has 25 heavy (non-hydrogen) atoms. The zero-order valence-corrected chi connectivity index (χ0v) is 15.7. The van der Waals surface area contributed by atoms with Crippen LogP contribution in [0, 0.1) is 6.92 Å². The van der Waals surface area contributed by atoms with Gasteiger partial charge in [0.05, 0.1) is 12.0 Å². The van der Waals surface area contributed by atoms with Crippen LogP contribution < -0.4 is 4.74 Å². The average Bonchev–Trinajstić information content (AvgIpc) is 2.84. The fourth-order valence-electron chi connectivity index (χ4n) is 2.59. The third-order valence-corrected chi connectivity index (χ3v) is 4.91. The van der Waals surface area contributed by atoms with Crippen LogP contribution in [-0.2, 0) is 9.59 Å². The summed E-state index contributed by atoms with van der Waals surface area (Å²) in [7, 11) is 1.60. The van der Waals surface area contributed by atoms with E-state index in [2.05, 4.69) is 0 Å². The Labute approximate surface area is 151 Å². The monoisotopic (exact) mass is 362 g/mol. The predicted molar refractivity (Wildman–Crippen MR) is 98.3 cm³/mol. The zero-order chi connectivity index (χ0) is 18.6. The van der Waals surface area contributed by atoms with E-state index >= 15 is 0 Å². The quantitative estimate of drug-likeness (QED) is 0.728. The molecule has 1 fully saturated rings. The lowest BCUT2D eigenvalue weighted by atomic mass is 10.1. The minimum absolute atomic E-state index is 0.217. The van der Waals surface area contributed by atoms with Gasteiger partial charge in [0.15, 0.2) is 0 Å². The maximum Gasteiger partial charge on any atom is 0.294 e. The number of nitrogens with zero attached hydrogens (tertiary/aromatic N) is 2. The highest BCUT2D eigenvalue weighted by Crippen LogP contribution is 2.32. The van der Waals surface area contributed by atoms with E-state index in [-0.39, 0.29) is 12.5 Å². The van der Waals surface area contributed by atoms with E-state index < -0.39 is 11.1 Å². The molecule has 0 spiro atoms. The highest BCUT2D eigenvalue weighted by Gasteiger charge is 2.36. The maximum absolute atomic E-state index is 12.5. The molecule has 3 amide bonds. The molecule has 7 heteroatoms. The summed E-state index contributed by atoms with van der Waals surface area (Å²) in [4.78, 5) is 39.7. The molecule has 2 rings (SSSR count). The van der Waals surface area contributed by atoms with Crippen molar-refractivity contribution in [2.24, 2.45) is 0 Å². The van der Waals surface area contributed by atoms with E-state index in [0.29, 0.717) is 18.0 Å². The molecule has 0 unspecified atom stereocenters. The number of rotatable bonds is 6. The Hall–Kier alpha value is -2.28. The molecule has 1 aliphatic heterocycles. The molecule has 1 aromatic rings. The molecule has 0 N–H and O–H groups in total. The van der Waals surface area contributed by atoms with Crippen LogP contribution in [0.4, 0.5) is 4.79 Å². The van der Waals surface area contributed by atoms with Gasteiger partial charge in [-0.25, -0.2) is 0 Å². The smallest absolute Gasteiger partial charge is 0.294 e. The topological polar surface area (TPSA) is 66.9 Å². The van der Waals surface area contributed by atoms with Crippen molar-refractivity contribution in [1.29, 1.82) is 0 Å². The molecule has 134 valence electrons. The summed E-state index contributed by atoms with van der Waals surface area (Å²) in [5, 5.41) is -0.415. The lowest BCUT2D eigenvalue weighted by molar-refractivity contribution is -0.135. The van der Waals surface area contributed by atoms with E-state index in [1.54, 1.807) is 18.1 Å². The van der Waals surface area contributed by atoms with Crippen LogP contribution in [0.5, 0.6) is 5.75 Å². The van der Waals surface area contributed by atoms with E-state index in [9.17, 15) is 14.4 Å². The second-order valence-electron chi connectivity index (χ2n) is 5.56. The van der Waals surface area contributed by atoms with Crippen LogP contribution >= 0.6 is 11.8 Å². The summed E-state index contributed by atoms with van der Waals surface area (Å²) >= 11 is 0.858. The standard InChI is InChI=1S/C18H22N2O4S/c1-5-19(6-2)16(21)11-20-17(22)15(25-18(20)23)10-13-7-8-14(24-4)12(3)9-13/h7-10H,5-6,11H2,1-4H3/b15-10-. The third kappa shape index (κ3) is 4.22. The van der Waals surface area contributed by atoms with Gasteiger partial charge < -0.3 is 9.64 Å². The number of ether oxygens (including phenoxy) is 1. The van der Waals surface area contributed by atoms with Crippen molar-refractivity contribution in [3.63, 3.8) is 0 Å². The number of carbonyl (C=O) groups excluding carboxylic acids is 3. The van der Waals surface area contributed by atoms with Gasteiger partial charge in [-0.15, -0.1) is 0 Å². The van der Waals surface area contributed by atoms with Crippen LogP contribution in [-0.4, -0.2) is 53.6 Å². The molecule has 6 nitrogen and oxygen atoms in total. The van der Waals surface area contributed by atoms with Crippen molar-refractivity contribution >= 4 is 34.9 Å². The summed E-state index contributed by atoms with van der Waals surface area (Å²) in [6, 6.07) is 5.52. The number of methoxy groups -OCH3 is 1. The van der Waals surface area contributed by atoms with Crippen LogP contribution in [0.1, 0.15) is 25.0 Å². The van der Waals surface area contributed by atoms with Gasteiger partial charge in [-0.3, -0.25) is 19.3 Å². The van der Waals surface area contributed by atoms with Gasteiger partial charge in [0.25, 0.3) is 11.1 Å². The van der Waals surface area contributed by atoms with Crippen LogP contribution in [0.15, 0.2) is 23.1 Å². The van der Waals surface area contributed by atoms with E-state index in [1.807, 2.05) is 39.0 Å². The lowest BCUT2D eigenvalue weighted by Gasteiger charge is -2.21.